The van der Waals surface area contributed by atoms with E-state index in [4.69, 9.17) is 21.4 Å². The van der Waals surface area contributed by atoms with Gasteiger partial charge in [-0.15, -0.1) is 0 Å². The highest BCUT2D eigenvalue weighted by molar-refractivity contribution is 6.31. The molecule has 0 spiro atoms. The van der Waals surface area contributed by atoms with Crippen LogP contribution in [0.2, 0.25) is 5.02 Å². The molecule has 0 saturated heterocycles. The van der Waals surface area contributed by atoms with Crippen LogP contribution in [0.5, 0.6) is 0 Å². The molecule has 102 valence electrons. The van der Waals surface area contributed by atoms with E-state index in [0.717, 1.165) is 29.4 Å². The highest BCUT2D eigenvalue weighted by Crippen LogP contribution is 2.22. The Morgan fingerprint density at radius 1 is 1.39 bits per heavy atom. The molecular weight excluding hydrogens is 252 g/mol. The van der Waals surface area contributed by atoms with E-state index >= 15 is 0 Å². The van der Waals surface area contributed by atoms with E-state index < -0.39 is 0 Å². The molecule has 2 N–H and O–H groups in total. The van der Waals surface area contributed by atoms with Gasteiger partial charge in [0.15, 0.2) is 0 Å². The van der Waals surface area contributed by atoms with Crippen molar-refractivity contribution in [1.82, 2.24) is 5.32 Å². The van der Waals surface area contributed by atoms with Crippen LogP contribution in [0, 0.1) is 0 Å². The Kier molecular flexibility index (Phi) is 7.05. The summed E-state index contributed by atoms with van der Waals surface area (Å²) in [6, 6.07) is 6.03. The second-order valence-corrected chi connectivity index (χ2v) is 4.47. The lowest BCUT2D eigenvalue weighted by Gasteiger charge is -2.20. The maximum Gasteiger partial charge on any atom is 0.0698 e. The van der Waals surface area contributed by atoms with Crippen LogP contribution in [0.4, 0.5) is 5.69 Å². The van der Waals surface area contributed by atoms with Crippen molar-refractivity contribution in [3.63, 3.8) is 0 Å². The van der Waals surface area contributed by atoms with Crippen molar-refractivity contribution < 1.29 is 9.84 Å². The maximum absolute atomic E-state index is 8.60. The second-order valence-electron chi connectivity index (χ2n) is 4.06. The fraction of sp³-hybridized carbons (Fsp3) is 0.538. The van der Waals surface area contributed by atoms with E-state index in [2.05, 4.69) is 10.2 Å². The first-order valence-corrected chi connectivity index (χ1v) is 6.39. The lowest BCUT2D eigenvalue weighted by Crippen LogP contribution is -2.23. The molecule has 0 aliphatic rings. The third kappa shape index (κ3) is 4.82. The van der Waals surface area contributed by atoms with E-state index in [1.807, 2.05) is 32.3 Å². The highest BCUT2D eigenvalue weighted by atomic mass is 35.5. The van der Waals surface area contributed by atoms with Crippen molar-refractivity contribution in [2.45, 2.75) is 6.54 Å². The summed E-state index contributed by atoms with van der Waals surface area (Å²) in [5.41, 5.74) is 2.15. The molecule has 0 aliphatic carbocycles. The number of aliphatic hydroxyl groups excluding tert-OH is 1. The Balaban J connectivity index is 2.52. The number of aliphatic hydroxyl groups is 1. The molecule has 0 amide bonds. The molecule has 0 aromatic heterocycles. The van der Waals surface area contributed by atoms with Gasteiger partial charge in [-0.25, -0.2) is 0 Å². The molecule has 1 aromatic rings. The molecule has 0 heterocycles. The van der Waals surface area contributed by atoms with E-state index in [0.29, 0.717) is 13.2 Å². The van der Waals surface area contributed by atoms with Crippen LogP contribution in [0.1, 0.15) is 5.56 Å². The monoisotopic (exact) mass is 272 g/mol. The molecule has 0 bridgehead atoms. The molecule has 4 nitrogen and oxygen atoms in total. The van der Waals surface area contributed by atoms with Crippen molar-refractivity contribution in [1.29, 1.82) is 0 Å². The lowest BCUT2D eigenvalue weighted by atomic mass is 10.2. The lowest BCUT2D eigenvalue weighted by molar-refractivity contribution is 0.0971. The van der Waals surface area contributed by atoms with Gasteiger partial charge in [-0.3, -0.25) is 0 Å². The Hall–Kier alpha value is -0.810. The Bertz CT molecular complexity index is 361. The number of nitrogens with zero attached hydrogens (tertiary/aromatic N) is 1. The molecule has 0 fully saturated rings. The van der Waals surface area contributed by atoms with Crippen LogP contribution >= 0.6 is 11.6 Å². The molecule has 0 saturated carbocycles. The van der Waals surface area contributed by atoms with E-state index in [9.17, 15) is 0 Å². The van der Waals surface area contributed by atoms with Crippen molar-refractivity contribution in [2.24, 2.45) is 0 Å². The van der Waals surface area contributed by atoms with Gasteiger partial charge in [0.1, 0.15) is 0 Å². The zero-order valence-electron chi connectivity index (χ0n) is 10.9. The zero-order valence-corrected chi connectivity index (χ0v) is 11.7. The fourth-order valence-electron chi connectivity index (χ4n) is 1.60. The molecule has 0 aliphatic heterocycles. The minimum Gasteiger partial charge on any atom is -0.394 e. The number of anilines is 1. The van der Waals surface area contributed by atoms with Crippen LogP contribution in [-0.4, -0.2) is 45.6 Å². The van der Waals surface area contributed by atoms with Crippen LogP contribution in [0.3, 0.4) is 0 Å². The van der Waals surface area contributed by atoms with Gasteiger partial charge in [-0.1, -0.05) is 17.7 Å². The third-order valence-corrected chi connectivity index (χ3v) is 3.00. The number of likely N-dealkylation sites (N-methyl/N-ethyl adjacent to an activating group) is 1. The van der Waals surface area contributed by atoms with Crippen LogP contribution in [-0.2, 0) is 11.3 Å². The SMILES string of the molecule is CNCc1ccc(N(C)CCOCCO)cc1Cl. The van der Waals surface area contributed by atoms with Gasteiger partial charge >= 0.3 is 0 Å². The summed E-state index contributed by atoms with van der Waals surface area (Å²) in [4.78, 5) is 2.08. The first-order chi connectivity index (χ1) is 8.69. The molecule has 0 unspecified atom stereocenters. The number of ether oxygens (including phenoxy) is 1. The van der Waals surface area contributed by atoms with Gasteiger partial charge in [-0.05, 0) is 24.7 Å². The Labute approximate surface area is 114 Å². The summed E-state index contributed by atoms with van der Waals surface area (Å²) in [7, 11) is 3.89. The van der Waals surface area contributed by atoms with Crippen LogP contribution < -0.4 is 10.2 Å². The third-order valence-electron chi connectivity index (χ3n) is 2.65. The first-order valence-electron chi connectivity index (χ1n) is 6.01. The van der Waals surface area contributed by atoms with Gasteiger partial charge in [0.2, 0.25) is 0 Å². The molecule has 1 aromatic carbocycles. The minimum absolute atomic E-state index is 0.0637. The fourth-order valence-corrected chi connectivity index (χ4v) is 1.85. The van der Waals surface area contributed by atoms with Gasteiger partial charge in [-0.2, -0.15) is 0 Å². The molecular formula is C13H21ClN2O2. The van der Waals surface area contributed by atoms with E-state index in [1.54, 1.807) is 0 Å². The molecule has 5 heteroatoms. The second kappa shape index (κ2) is 8.32. The predicted octanol–water partition coefficient (Wildman–Crippen LogP) is 1.50. The number of nitrogens with one attached hydrogen (secondary N) is 1. The maximum atomic E-state index is 8.60. The molecule has 18 heavy (non-hydrogen) atoms. The summed E-state index contributed by atoms with van der Waals surface area (Å²) in [5, 5.41) is 12.5. The number of hydrogen-bond donors (Lipinski definition) is 2. The minimum atomic E-state index is 0.0637. The van der Waals surface area contributed by atoms with Crippen molar-refractivity contribution in [3.05, 3.63) is 28.8 Å². The Morgan fingerprint density at radius 2 is 2.17 bits per heavy atom. The number of rotatable bonds is 8. The van der Waals surface area contributed by atoms with Gasteiger partial charge in [0, 0.05) is 30.8 Å². The number of hydrogen-bond acceptors (Lipinski definition) is 4. The van der Waals surface area contributed by atoms with Gasteiger partial charge in [0.25, 0.3) is 0 Å². The average Bonchev–Trinajstić information content (AvgIpc) is 2.37. The molecule has 1 rings (SSSR count). The normalized spacial score (nSPS) is 10.7. The average molecular weight is 273 g/mol. The molecule has 0 atom stereocenters. The van der Waals surface area contributed by atoms with Crippen molar-refractivity contribution >= 4 is 17.3 Å². The van der Waals surface area contributed by atoms with Gasteiger partial charge < -0.3 is 20.1 Å². The smallest absolute Gasteiger partial charge is 0.0698 e. The molecule has 0 radical (unpaired) electrons. The zero-order chi connectivity index (χ0) is 13.4. The number of benzene rings is 1. The summed E-state index contributed by atoms with van der Waals surface area (Å²) in [5.74, 6) is 0. The summed E-state index contributed by atoms with van der Waals surface area (Å²) in [6.07, 6.45) is 0. The van der Waals surface area contributed by atoms with Crippen molar-refractivity contribution in [3.8, 4) is 0 Å². The Morgan fingerprint density at radius 3 is 2.78 bits per heavy atom. The number of halogens is 1. The summed E-state index contributed by atoms with van der Waals surface area (Å²) < 4.78 is 5.23. The van der Waals surface area contributed by atoms with Gasteiger partial charge in [0.05, 0.1) is 19.8 Å². The van der Waals surface area contributed by atoms with E-state index in [-0.39, 0.29) is 6.61 Å². The standard InChI is InChI=1S/C13H21ClN2O2/c1-15-10-11-3-4-12(9-13(11)14)16(2)5-7-18-8-6-17/h3-4,9,15,17H,5-8,10H2,1-2H3. The van der Waals surface area contributed by atoms with E-state index in [1.165, 1.54) is 0 Å². The topological polar surface area (TPSA) is 44.7 Å². The van der Waals surface area contributed by atoms with Crippen LogP contribution in [0.15, 0.2) is 18.2 Å². The quantitative estimate of drug-likeness (QED) is 0.704. The van der Waals surface area contributed by atoms with Crippen LogP contribution in [0.25, 0.3) is 0 Å². The highest BCUT2D eigenvalue weighted by Gasteiger charge is 2.05. The van der Waals surface area contributed by atoms with Crippen molar-refractivity contribution in [2.75, 3.05) is 45.4 Å². The summed E-state index contributed by atoms with van der Waals surface area (Å²) in [6.45, 7) is 2.57. The summed E-state index contributed by atoms with van der Waals surface area (Å²) >= 11 is 6.21. The largest absolute Gasteiger partial charge is 0.394 e. The first kappa shape index (κ1) is 15.2. The predicted molar refractivity (Wildman–Crippen MR) is 75.4 cm³/mol.